The molecule has 2 rings (SSSR count). The Labute approximate surface area is 122 Å². The zero-order valence-electron chi connectivity index (χ0n) is 11.5. The van der Waals surface area contributed by atoms with Gasteiger partial charge in [-0.15, -0.1) is 10.2 Å². The van der Waals surface area contributed by atoms with E-state index in [1.807, 2.05) is 29.7 Å². The molecule has 0 amide bonds. The topological polar surface area (TPSA) is 68.0 Å². The predicted octanol–water partition coefficient (Wildman–Crippen LogP) is 2.70. The van der Waals surface area contributed by atoms with Gasteiger partial charge in [-0.25, -0.2) is 0 Å². The van der Waals surface area contributed by atoms with Crippen LogP contribution in [-0.2, 0) is 11.2 Å². The summed E-state index contributed by atoms with van der Waals surface area (Å²) in [4.78, 5) is 10.7. The second kappa shape index (κ2) is 6.56. The van der Waals surface area contributed by atoms with E-state index in [4.69, 9.17) is 5.11 Å². The first-order valence-electron chi connectivity index (χ1n) is 6.48. The first-order valence-corrected chi connectivity index (χ1v) is 7.47. The number of aliphatic carboxylic acids is 1. The average Bonchev–Trinajstić information content (AvgIpc) is 2.79. The highest BCUT2D eigenvalue weighted by Crippen LogP contribution is 2.24. The van der Waals surface area contributed by atoms with E-state index in [0.717, 1.165) is 24.4 Å². The number of aryl methyl sites for hydroxylation is 2. The third-order valence-corrected chi connectivity index (χ3v) is 3.79. The van der Waals surface area contributed by atoms with Gasteiger partial charge >= 0.3 is 5.97 Å². The number of nitrogens with zero attached hydrogens (tertiary/aromatic N) is 3. The molecule has 0 saturated heterocycles. The van der Waals surface area contributed by atoms with Crippen LogP contribution in [0.3, 0.4) is 0 Å². The quantitative estimate of drug-likeness (QED) is 0.829. The molecule has 2 aromatic rings. The van der Waals surface area contributed by atoms with Gasteiger partial charge in [0.1, 0.15) is 5.82 Å². The number of para-hydroxylation sites is 1. The summed E-state index contributed by atoms with van der Waals surface area (Å²) in [7, 11) is 0. The van der Waals surface area contributed by atoms with E-state index in [-0.39, 0.29) is 5.75 Å². The monoisotopic (exact) mass is 291 g/mol. The van der Waals surface area contributed by atoms with Crippen molar-refractivity contribution in [2.75, 3.05) is 5.75 Å². The highest BCUT2D eigenvalue weighted by molar-refractivity contribution is 7.99. The summed E-state index contributed by atoms with van der Waals surface area (Å²) in [5, 5.41) is 17.6. The molecule has 6 heteroatoms. The summed E-state index contributed by atoms with van der Waals surface area (Å²) in [5.74, 6) is -0.112. The Balaban J connectivity index is 2.41. The van der Waals surface area contributed by atoms with E-state index in [1.54, 1.807) is 0 Å². The molecule has 1 heterocycles. The molecule has 0 saturated carbocycles. The normalized spacial score (nSPS) is 10.7. The molecule has 0 atom stereocenters. The lowest BCUT2D eigenvalue weighted by Crippen LogP contribution is -2.05. The lowest BCUT2D eigenvalue weighted by molar-refractivity contribution is -0.133. The molecule has 1 N–H and O–H groups in total. The second-order valence-corrected chi connectivity index (χ2v) is 5.37. The number of aromatic nitrogens is 3. The average molecular weight is 291 g/mol. The van der Waals surface area contributed by atoms with Crippen LogP contribution < -0.4 is 0 Å². The minimum atomic E-state index is -0.857. The predicted molar refractivity (Wildman–Crippen MR) is 78.5 cm³/mol. The number of rotatable bonds is 6. The Morgan fingerprint density at radius 2 is 2.10 bits per heavy atom. The molecular weight excluding hydrogens is 274 g/mol. The van der Waals surface area contributed by atoms with Crippen molar-refractivity contribution in [3.63, 3.8) is 0 Å². The first kappa shape index (κ1) is 14.6. The maximum absolute atomic E-state index is 10.7. The highest BCUT2D eigenvalue weighted by atomic mass is 32.2. The molecule has 0 aliphatic heterocycles. The van der Waals surface area contributed by atoms with Gasteiger partial charge in [-0.05, 0) is 25.0 Å². The fourth-order valence-electron chi connectivity index (χ4n) is 2.05. The summed E-state index contributed by atoms with van der Waals surface area (Å²) in [6.07, 6.45) is 2.02. The molecule has 1 aromatic heterocycles. The molecule has 106 valence electrons. The van der Waals surface area contributed by atoms with E-state index in [1.165, 1.54) is 17.3 Å². The Kier molecular flexibility index (Phi) is 4.79. The Morgan fingerprint density at radius 3 is 2.80 bits per heavy atom. The lowest BCUT2D eigenvalue weighted by Gasteiger charge is -2.12. The minimum Gasteiger partial charge on any atom is -0.481 e. The maximum Gasteiger partial charge on any atom is 0.313 e. The Hall–Kier alpha value is -1.82. The maximum atomic E-state index is 10.7. The number of thioether (sulfide) groups is 1. The van der Waals surface area contributed by atoms with Crippen molar-refractivity contribution < 1.29 is 9.90 Å². The van der Waals surface area contributed by atoms with Gasteiger partial charge in [0.05, 0.1) is 11.4 Å². The van der Waals surface area contributed by atoms with Crippen molar-refractivity contribution in [3.8, 4) is 5.69 Å². The first-order chi connectivity index (χ1) is 9.63. The van der Waals surface area contributed by atoms with E-state index in [0.29, 0.717) is 5.16 Å². The van der Waals surface area contributed by atoms with Gasteiger partial charge in [0.2, 0.25) is 0 Å². The summed E-state index contributed by atoms with van der Waals surface area (Å²) < 4.78 is 1.93. The fraction of sp³-hybridized carbons (Fsp3) is 0.357. The van der Waals surface area contributed by atoms with Crippen LogP contribution in [0.25, 0.3) is 5.69 Å². The van der Waals surface area contributed by atoms with Gasteiger partial charge in [0, 0.05) is 0 Å². The van der Waals surface area contributed by atoms with Crippen molar-refractivity contribution in [2.24, 2.45) is 0 Å². The van der Waals surface area contributed by atoms with Crippen LogP contribution in [0.5, 0.6) is 0 Å². The lowest BCUT2D eigenvalue weighted by atomic mass is 10.1. The van der Waals surface area contributed by atoms with Crippen molar-refractivity contribution in [3.05, 3.63) is 35.7 Å². The summed E-state index contributed by atoms with van der Waals surface area (Å²) in [6.45, 7) is 4.01. The van der Waals surface area contributed by atoms with Crippen LogP contribution in [-0.4, -0.2) is 31.6 Å². The number of carboxylic acids is 1. The number of carboxylic acid groups (broad SMARTS) is 1. The second-order valence-electron chi connectivity index (χ2n) is 4.43. The van der Waals surface area contributed by atoms with Crippen LogP contribution in [0.2, 0.25) is 0 Å². The van der Waals surface area contributed by atoms with E-state index >= 15 is 0 Å². The summed E-state index contributed by atoms with van der Waals surface area (Å²) in [6, 6.07) is 8.09. The van der Waals surface area contributed by atoms with Crippen molar-refractivity contribution in [1.82, 2.24) is 14.8 Å². The molecule has 0 radical (unpaired) electrons. The molecular formula is C14H17N3O2S. The summed E-state index contributed by atoms with van der Waals surface area (Å²) >= 11 is 1.19. The molecule has 0 aliphatic rings. The van der Waals surface area contributed by atoms with Gasteiger partial charge in [0.15, 0.2) is 5.16 Å². The van der Waals surface area contributed by atoms with Crippen molar-refractivity contribution in [1.29, 1.82) is 0 Å². The number of benzene rings is 1. The molecule has 1 aromatic carbocycles. The van der Waals surface area contributed by atoms with Crippen molar-refractivity contribution >= 4 is 17.7 Å². The Morgan fingerprint density at radius 1 is 1.35 bits per heavy atom. The largest absolute Gasteiger partial charge is 0.481 e. The number of hydrogen-bond donors (Lipinski definition) is 1. The van der Waals surface area contributed by atoms with Crippen LogP contribution in [0, 0.1) is 6.92 Å². The van der Waals surface area contributed by atoms with Gasteiger partial charge in [-0.2, -0.15) is 0 Å². The van der Waals surface area contributed by atoms with Crippen molar-refractivity contribution in [2.45, 2.75) is 31.8 Å². The van der Waals surface area contributed by atoms with Crippen LogP contribution >= 0.6 is 11.8 Å². The van der Waals surface area contributed by atoms with E-state index in [9.17, 15) is 4.79 Å². The third-order valence-electron chi connectivity index (χ3n) is 2.87. The van der Waals surface area contributed by atoms with Crippen LogP contribution in [0.1, 0.15) is 24.7 Å². The molecule has 0 aliphatic carbocycles. The third kappa shape index (κ3) is 3.19. The van der Waals surface area contributed by atoms with E-state index < -0.39 is 5.97 Å². The van der Waals surface area contributed by atoms with Gasteiger partial charge in [-0.1, -0.05) is 43.3 Å². The zero-order valence-corrected chi connectivity index (χ0v) is 12.4. The number of hydrogen-bond acceptors (Lipinski definition) is 4. The minimum absolute atomic E-state index is 0.0198. The Bertz CT molecular complexity index is 610. The molecule has 0 bridgehead atoms. The van der Waals surface area contributed by atoms with Crippen LogP contribution in [0.4, 0.5) is 0 Å². The SMILES string of the molecule is CCCc1ccccc1-n1c(C)nnc1SCC(=O)O. The van der Waals surface area contributed by atoms with Gasteiger partial charge in [-0.3, -0.25) is 9.36 Å². The van der Waals surface area contributed by atoms with Gasteiger partial charge in [0.25, 0.3) is 0 Å². The number of carbonyl (C=O) groups is 1. The molecule has 20 heavy (non-hydrogen) atoms. The molecule has 0 fully saturated rings. The molecule has 0 unspecified atom stereocenters. The van der Waals surface area contributed by atoms with E-state index in [2.05, 4.69) is 23.2 Å². The molecule has 5 nitrogen and oxygen atoms in total. The molecule has 0 spiro atoms. The highest BCUT2D eigenvalue weighted by Gasteiger charge is 2.15. The standard InChI is InChI=1S/C14H17N3O2S/c1-3-6-11-7-4-5-8-12(11)17-10(2)15-16-14(17)20-9-13(18)19/h4-5,7-8H,3,6,9H2,1-2H3,(H,18,19). The zero-order chi connectivity index (χ0) is 14.5. The van der Waals surface area contributed by atoms with Crippen LogP contribution in [0.15, 0.2) is 29.4 Å². The fourth-order valence-corrected chi connectivity index (χ4v) is 2.76. The smallest absolute Gasteiger partial charge is 0.313 e. The van der Waals surface area contributed by atoms with Gasteiger partial charge < -0.3 is 5.11 Å². The summed E-state index contributed by atoms with van der Waals surface area (Å²) in [5.41, 5.74) is 2.25.